The number of carbonyl (C=O) groups excluding carboxylic acids is 4. The van der Waals surface area contributed by atoms with Gasteiger partial charge in [-0.2, -0.15) is 0 Å². The molecule has 0 spiro atoms. The first kappa shape index (κ1) is 88.3. The van der Waals surface area contributed by atoms with Gasteiger partial charge in [0.2, 0.25) is 0 Å². The van der Waals surface area contributed by atoms with Crippen LogP contribution in [0.2, 0.25) is 0 Å². The molecule has 0 aliphatic carbocycles. The number of nitrogens with zero attached hydrogens (tertiary/aromatic N) is 2. The van der Waals surface area contributed by atoms with Crippen LogP contribution < -0.4 is 0 Å². The number of hydrogen-bond donors (Lipinski definition) is 10. The summed E-state index contributed by atoms with van der Waals surface area (Å²) in [5.74, 6) is -11.4. The average molecular weight is 1470 g/mol. The fraction of sp³-hybridized carbons (Fsp3) is 0.946. The van der Waals surface area contributed by atoms with Gasteiger partial charge in [0.1, 0.15) is 59.4 Å². The quantitative estimate of drug-likeness (QED) is 0.0934. The molecule has 6 aliphatic heterocycles. The summed E-state index contributed by atoms with van der Waals surface area (Å²) < 4.78 is 76.6. The SMILES string of the molecule is CC[C@H]1OC(=O)[C@H](C)[C@@H](O[C@H]2C[C@@](C)(OC)[C@@H](O)[C@H](C)O2)[C@H](C)[C@@H](O[C@@H]2O[C@H](C)C[C@H](N(C)CCN(C)[C@H]3C[C@@H](C)O[C@@H](O[C@@H]4[C@@H](C)[C@H](O[C@H]5C[C@@](C)(OC)[C@@H](O)[C@H](C)O5)[C@@H](C)C(=O)O[C@H](CC)[C@@](C)(O)[C@H](O)[C@@H](C)C(=O)[C@H](C)C[C@@]4(C)O)[C@@H]3O)[C@H]2O)[C@](C)(O)C[C@@H](C)C(=O)[C@H](C)[C@@H](O)[C@]1(C)O. The van der Waals surface area contributed by atoms with Crippen molar-refractivity contribution in [3.05, 3.63) is 0 Å². The lowest BCUT2D eigenvalue weighted by Gasteiger charge is -2.49. The molecule has 36 atom stereocenters. The first-order valence-corrected chi connectivity index (χ1v) is 37.2. The third-order valence-electron chi connectivity index (χ3n) is 24.3. The molecule has 28 nitrogen and oxygen atoms in total. The molecular weight excluding hydrogens is 1330 g/mol. The molecule has 28 heteroatoms. The Labute approximate surface area is 605 Å². The molecule has 0 amide bonds. The molecule has 594 valence electrons. The van der Waals surface area contributed by atoms with Crippen molar-refractivity contribution in [3.63, 3.8) is 0 Å². The van der Waals surface area contributed by atoms with Gasteiger partial charge in [0.15, 0.2) is 25.2 Å². The van der Waals surface area contributed by atoms with Crippen LogP contribution in [0.4, 0.5) is 0 Å². The van der Waals surface area contributed by atoms with Crippen molar-refractivity contribution in [2.24, 2.45) is 47.3 Å². The van der Waals surface area contributed by atoms with Crippen LogP contribution in [0.25, 0.3) is 0 Å². The molecule has 0 radical (unpaired) electrons. The molecule has 0 aromatic heterocycles. The molecule has 6 saturated heterocycles. The monoisotopic (exact) mass is 1460 g/mol. The van der Waals surface area contributed by atoms with Gasteiger partial charge >= 0.3 is 11.9 Å². The number of aliphatic hydroxyl groups is 10. The predicted molar refractivity (Wildman–Crippen MR) is 370 cm³/mol. The Morgan fingerprint density at radius 2 is 0.765 bits per heavy atom. The van der Waals surface area contributed by atoms with E-state index in [1.54, 1.807) is 83.1 Å². The Bertz CT molecular complexity index is 2550. The summed E-state index contributed by atoms with van der Waals surface area (Å²) in [5, 5.41) is 121. The van der Waals surface area contributed by atoms with Crippen LogP contribution in [0.1, 0.15) is 190 Å². The Kier molecular flexibility index (Phi) is 30.3. The van der Waals surface area contributed by atoms with Crippen LogP contribution in [0.5, 0.6) is 0 Å². The number of aliphatic hydroxyl groups excluding tert-OH is 6. The maximum Gasteiger partial charge on any atom is 0.311 e. The van der Waals surface area contributed by atoms with Gasteiger partial charge in [-0.3, -0.25) is 29.0 Å². The van der Waals surface area contributed by atoms with Crippen molar-refractivity contribution >= 4 is 23.5 Å². The van der Waals surface area contributed by atoms with E-state index in [9.17, 15) is 70.2 Å². The first-order valence-electron chi connectivity index (χ1n) is 37.2. The molecule has 0 bridgehead atoms. The van der Waals surface area contributed by atoms with Gasteiger partial charge in [0, 0.05) is 87.7 Å². The minimum Gasteiger partial charge on any atom is -0.459 e. The lowest BCUT2D eigenvalue weighted by molar-refractivity contribution is -0.319. The van der Waals surface area contributed by atoms with Gasteiger partial charge in [-0.15, -0.1) is 0 Å². The molecule has 6 rings (SSSR count). The highest BCUT2D eigenvalue weighted by molar-refractivity contribution is 5.84. The fourth-order valence-electron chi connectivity index (χ4n) is 17.3. The summed E-state index contributed by atoms with van der Waals surface area (Å²) in [7, 11) is 6.55. The van der Waals surface area contributed by atoms with Crippen molar-refractivity contribution < 1.29 is 127 Å². The number of hydrogen-bond acceptors (Lipinski definition) is 28. The van der Waals surface area contributed by atoms with E-state index < -0.39 is 239 Å². The Morgan fingerprint density at radius 3 is 1.06 bits per heavy atom. The largest absolute Gasteiger partial charge is 0.459 e. The zero-order valence-corrected chi connectivity index (χ0v) is 65.3. The van der Waals surface area contributed by atoms with Crippen LogP contribution >= 0.6 is 0 Å². The van der Waals surface area contributed by atoms with Crippen molar-refractivity contribution in [1.29, 1.82) is 0 Å². The highest BCUT2D eigenvalue weighted by atomic mass is 16.7. The number of carbonyl (C=O) groups is 4. The smallest absolute Gasteiger partial charge is 0.311 e. The molecule has 102 heavy (non-hydrogen) atoms. The molecule has 0 unspecified atom stereocenters. The number of ketones is 2. The van der Waals surface area contributed by atoms with Gasteiger partial charge in [0.05, 0.1) is 95.3 Å². The van der Waals surface area contributed by atoms with Gasteiger partial charge in [-0.05, 0) is 136 Å². The van der Waals surface area contributed by atoms with Gasteiger partial charge in [-0.25, -0.2) is 0 Å². The number of rotatable bonds is 17. The van der Waals surface area contributed by atoms with E-state index in [1.165, 1.54) is 55.8 Å². The van der Waals surface area contributed by atoms with E-state index in [4.69, 9.17) is 56.8 Å². The average Bonchev–Trinajstić information content (AvgIpc) is 0.782. The Morgan fingerprint density at radius 1 is 0.451 bits per heavy atom. The molecule has 6 heterocycles. The topological polar surface area (TPSA) is 388 Å². The molecule has 10 N–H and O–H groups in total. The van der Waals surface area contributed by atoms with E-state index in [1.807, 2.05) is 37.7 Å². The third kappa shape index (κ3) is 19.3. The Balaban J connectivity index is 1.30. The number of cyclic esters (lactones) is 2. The van der Waals surface area contributed by atoms with Gasteiger partial charge in [0.25, 0.3) is 0 Å². The highest BCUT2D eigenvalue weighted by Gasteiger charge is 2.57. The summed E-state index contributed by atoms with van der Waals surface area (Å²) in [4.78, 5) is 61.8. The van der Waals surface area contributed by atoms with E-state index in [-0.39, 0.29) is 51.6 Å². The number of methoxy groups -OCH3 is 2. The van der Waals surface area contributed by atoms with Crippen LogP contribution in [0, 0.1) is 47.3 Å². The molecular formula is C74H132N2O26. The Hall–Kier alpha value is -2.60. The van der Waals surface area contributed by atoms with E-state index in [2.05, 4.69) is 0 Å². The number of esters is 2. The van der Waals surface area contributed by atoms with E-state index in [0.29, 0.717) is 12.8 Å². The predicted octanol–water partition coefficient (Wildman–Crippen LogP) is 3.33. The van der Waals surface area contributed by atoms with Crippen molar-refractivity contribution in [2.75, 3.05) is 41.4 Å². The van der Waals surface area contributed by atoms with Crippen molar-refractivity contribution in [2.45, 2.75) is 358 Å². The number of likely N-dealkylation sites (N-methyl/N-ethyl adjacent to an activating group) is 2. The van der Waals surface area contributed by atoms with Crippen LogP contribution in [0.15, 0.2) is 0 Å². The van der Waals surface area contributed by atoms with E-state index >= 15 is 0 Å². The summed E-state index contributed by atoms with van der Waals surface area (Å²) in [5.41, 5.74) is -10.5. The number of Topliss-reactive ketones (excluding diaryl/α,β-unsaturated/α-hetero) is 2. The standard InChI is InChI=1S/C74H132N2O26/c1-25-49-73(19,89)59(81)39(7)53(77)35(3)31-69(15,87)63(41(9)57(43(11)65(85)97-49)99-51-33-71(17,91-23)61(83)45(13)95-51)101-67-55(79)47(29-37(5)93-67)75(21)27-28-76(22)48-30-38(6)94-68(56(48)80)102-64-42(10)58(100-52-34-72(18,92-24)62(84)46(14)96-52)44(12)66(86)98-50(26-2)74(20,90)60(82)40(8)54(78)36(4)32-70(64,16)88/h35-52,55-64,67-68,79-84,87-90H,25-34H2,1-24H3/t35-,36-,37-,38-,39+,40+,41+,42+,43-,44-,45+,46+,47+,48+,49-,50-,51+,52+,55-,56-,57+,58+,59-,60-,61+,62+,63-,64-,67+,68+,69-,70-,71-,72-,73-,74-/m1/s1. The minimum absolute atomic E-state index is 0.00113. The second-order valence-electron chi connectivity index (χ2n) is 33.0. The molecule has 0 aromatic rings. The van der Waals surface area contributed by atoms with Crippen LogP contribution in [-0.4, -0.2) is 294 Å². The minimum atomic E-state index is -2.10. The summed E-state index contributed by atoms with van der Waals surface area (Å²) in [6.07, 6.45) is -23.9. The maximum atomic E-state index is 14.6. The highest BCUT2D eigenvalue weighted by Crippen LogP contribution is 2.45. The second-order valence-corrected chi connectivity index (χ2v) is 33.0. The van der Waals surface area contributed by atoms with Crippen molar-refractivity contribution in [1.82, 2.24) is 9.80 Å². The molecule has 6 fully saturated rings. The summed E-state index contributed by atoms with van der Waals surface area (Å²) in [6, 6.07) is -1.33. The van der Waals surface area contributed by atoms with E-state index in [0.717, 1.165) is 0 Å². The van der Waals surface area contributed by atoms with Crippen LogP contribution in [0.3, 0.4) is 0 Å². The molecule has 0 aromatic carbocycles. The van der Waals surface area contributed by atoms with Gasteiger partial charge < -0.3 is 108 Å². The summed E-state index contributed by atoms with van der Waals surface area (Å²) in [6.45, 7) is 32.5. The fourth-order valence-corrected chi connectivity index (χ4v) is 17.3. The first-order chi connectivity index (χ1) is 47.0. The lowest BCUT2D eigenvalue weighted by atomic mass is 9.74. The maximum absolute atomic E-state index is 14.6. The number of ether oxygens (including phenoxy) is 12. The summed E-state index contributed by atoms with van der Waals surface area (Å²) >= 11 is 0. The zero-order valence-electron chi connectivity index (χ0n) is 65.3. The molecule has 6 aliphatic rings. The second kappa shape index (κ2) is 35.0. The van der Waals surface area contributed by atoms with Crippen molar-refractivity contribution in [3.8, 4) is 0 Å². The molecule has 0 saturated carbocycles. The third-order valence-corrected chi connectivity index (χ3v) is 24.3. The lowest BCUT2D eigenvalue weighted by Crippen LogP contribution is -2.62. The zero-order chi connectivity index (χ0) is 77.3. The van der Waals surface area contributed by atoms with Crippen LogP contribution in [-0.2, 0) is 76.0 Å². The normalized spacial score (nSPS) is 49.9. The van der Waals surface area contributed by atoms with Gasteiger partial charge in [-0.1, -0.05) is 55.4 Å².